The number of carbonyl (C=O) groups is 1. The minimum atomic E-state index is -0.880. The summed E-state index contributed by atoms with van der Waals surface area (Å²) in [6, 6.07) is 5.88. The van der Waals surface area contributed by atoms with Crippen LogP contribution < -0.4 is 10.6 Å². The Morgan fingerprint density at radius 1 is 1.15 bits per heavy atom. The van der Waals surface area contributed by atoms with Crippen LogP contribution in [0.3, 0.4) is 0 Å². The van der Waals surface area contributed by atoms with Crippen LogP contribution in [0.2, 0.25) is 5.02 Å². The average Bonchev–Trinajstić information content (AvgIpc) is 2.64. The largest absolute Gasteiger partial charge is 0.394 e. The van der Waals surface area contributed by atoms with Gasteiger partial charge in [0.15, 0.2) is 0 Å². The zero-order chi connectivity index (χ0) is 19.7. The van der Waals surface area contributed by atoms with E-state index in [9.17, 15) is 15.0 Å². The van der Waals surface area contributed by atoms with Crippen LogP contribution >= 0.6 is 11.6 Å². The number of aliphatic hydroxyl groups is 3. The number of anilines is 1. The maximum absolute atomic E-state index is 12.4. The van der Waals surface area contributed by atoms with Gasteiger partial charge in [-0.3, -0.25) is 0 Å². The van der Waals surface area contributed by atoms with Crippen molar-refractivity contribution in [2.24, 2.45) is 11.8 Å². The number of carbonyl (C=O) groups excluding carboxylic acids is 1. The molecule has 26 heavy (non-hydrogen) atoms. The highest BCUT2D eigenvalue weighted by Crippen LogP contribution is 2.24. The van der Waals surface area contributed by atoms with Crippen molar-refractivity contribution in [2.75, 3.05) is 11.9 Å². The quantitative estimate of drug-likeness (QED) is 0.426. The first-order valence-electron chi connectivity index (χ1n) is 9.12. The zero-order valence-corrected chi connectivity index (χ0v) is 16.4. The molecule has 0 fully saturated rings. The molecule has 2 amide bonds. The number of benzene rings is 1. The molecular formula is C19H31ClN2O4. The van der Waals surface area contributed by atoms with E-state index in [2.05, 4.69) is 10.6 Å². The van der Waals surface area contributed by atoms with Crippen molar-refractivity contribution >= 4 is 23.3 Å². The molecule has 5 N–H and O–H groups in total. The van der Waals surface area contributed by atoms with E-state index in [0.717, 1.165) is 6.42 Å². The summed E-state index contributed by atoms with van der Waals surface area (Å²) >= 11 is 5.84. The van der Waals surface area contributed by atoms with Crippen LogP contribution in [0.1, 0.15) is 40.0 Å². The smallest absolute Gasteiger partial charge is 0.319 e. The molecule has 5 atom stereocenters. The number of rotatable bonds is 10. The molecule has 7 heteroatoms. The molecule has 0 radical (unpaired) electrons. The third-order valence-corrected chi connectivity index (χ3v) is 5.07. The monoisotopic (exact) mass is 386 g/mol. The molecule has 1 aromatic rings. The Bertz CT molecular complexity index is 541. The van der Waals surface area contributed by atoms with Crippen molar-refractivity contribution in [3.63, 3.8) is 0 Å². The molecule has 0 spiro atoms. The first kappa shape index (κ1) is 22.7. The van der Waals surface area contributed by atoms with Gasteiger partial charge in [-0.1, -0.05) is 45.2 Å². The lowest BCUT2D eigenvalue weighted by Gasteiger charge is -2.34. The Morgan fingerprint density at radius 2 is 1.77 bits per heavy atom. The highest BCUT2D eigenvalue weighted by Gasteiger charge is 2.32. The van der Waals surface area contributed by atoms with Crippen LogP contribution in [0, 0.1) is 11.8 Å². The second-order valence-corrected chi connectivity index (χ2v) is 7.18. The Morgan fingerprint density at radius 3 is 2.27 bits per heavy atom. The summed E-state index contributed by atoms with van der Waals surface area (Å²) in [6.45, 7) is 5.53. The Kier molecular flexibility index (Phi) is 9.94. The van der Waals surface area contributed by atoms with Crippen molar-refractivity contribution < 1.29 is 20.1 Å². The second kappa shape index (κ2) is 11.4. The summed E-state index contributed by atoms with van der Waals surface area (Å²) < 4.78 is 0. The molecule has 0 heterocycles. The predicted octanol–water partition coefficient (Wildman–Crippen LogP) is 3.01. The molecule has 148 valence electrons. The van der Waals surface area contributed by atoms with Gasteiger partial charge >= 0.3 is 6.03 Å². The molecule has 0 aromatic heterocycles. The lowest BCUT2D eigenvalue weighted by atomic mass is 9.83. The SMILES string of the molecule is CCC(C)C(NC(=O)Nc1ccc(Cl)cc1)C(O)C(CC)CC(O)CO. The van der Waals surface area contributed by atoms with Gasteiger partial charge in [0.25, 0.3) is 0 Å². The predicted molar refractivity (Wildman–Crippen MR) is 104 cm³/mol. The normalized spacial score (nSPS) is 17.0. The molecule has 0 bridgehead atoms. The van der Waals surface area contributed by atoms with Gasteiger partial charge in [0.05, 0.1) is 24.9 Å². The molecular weight excluding hydrogens is 356 g/mol. The number of hydrogen-bond acceptors (Lipinski definition) is 4. The van der Waals surface area contributed by atoms with E-state index in [1.54, 1.807) is 24.3 Å². The van der Waals surface area contributed by atoms with E-state index in [1.165, 1.54) is 0 Å². The van der Waals surface area contributed by atoms with Crippen LogP contribution in [0.5, 0.6) is 0 Å². The van der Waals surface area contributed by atoms with Crippen molar-refractivity contribution in [3.8, 4) is 0 Å². The number of nitrogens with one attached hydrogen (secondary N) is 2. The molecule has 0 saturated heterocycles. The first-order valence-corrected chi connectivity index (χ1v) is 9.50. The Balaban J connectivity index is 2.80. The summed E-state index contributed by atoms with van der Waals surface area (Å²) in [5.74, 6) is -0.187. The van der Waals surface area contributed by atoms with Crippen molar-refractivity contribution in [3.05, 3.63) is 29.3 Å². The molecule has 6 nitrogen and oxygen atoms in total. The fraction of sp³-hybridized carbons (Fsp3) is 0.632. The van der Waals surface area contributed by atoms with Gasteiger partial charge in [-0.25, -0.2) is 4.79 Å². The molecule has 0 aliphatic carbocycles. The van der Waals surface area contributed by atoms with Gasteiger partial charge in [-0.15, -0.1) is 0 Å². The van der Waals surface area contributed by atoms with E-state index in [4.69, 9.17) is 16.7 Å². The number of amides is 2. The van der Waals surface area contributed by atoms with Crippen LogP contribution in [0.15, 0.2) is 24.3 Å². The van der Waals surface area contributed by atoms with Gasteiger partial charge in [0.2, 0.25) is 0 Å². The van der Waals surface area contributed by atoms with Crippen molar-refractivity contribution in [1.29, 1.82) is 0 Å². The second-order valence-electron chi connectivity index (χ2n) is 6.75. The van der Waals surface area contributed by atoms with E-state index >= 15 is 0 Å². The number of aliphatic hydroxyl groups excluding tert-OH is 3. The fourth-order valence-corrected chi connectivity index (χ4v) is 3.06. The Hall–Kier alpha value is -1.34. The fourth-order valence-electron chi connectivity index (χ4n) is 2.93. The third-order valence-electron chi connectivity index (χ3n) is 4.82. The van der Waals surface area contributed by atoms with Gasteiger partial charge in [-0.05, 0) is 42.5 Å². The van der Waals surface area contributed by atoms with E-state index < -0.39 is 24.3 Å². The Labute approximate surface area is 160 Å². The minimum Gasteiger partial charge on any atom is -0.394 e. The highest BCUT2D eigenvalue weighted by atomic mass is 35.5. The molecule has 1 aromatic carbocycles. The topological polar surface area (TPSA) is 102 Å². The molecule has 0 aliphatic heterocycles. The molecule has 0 saturated carbocycles. The van der Waals surface area contributed by atoms with E-state index in [-0.39, 0.29) is 24.9 Å². The van der Waals surface area contributed by atoms with Crippen LogP contribution in [-0.2, 0) is 0 Å². The summed E-state index contributed by atoms with van der Waals surface area (Å²) in [4.78, 5) is 12.4. The lowest BCUT2D eigenvalue weighted by molar-refractivity contribution is 0.00893. The summed E-state index contributed by atoms with van der Waals surface area (Å²) in [7, 11) is 0. The summed E-state index contributed by atoms with van der Waals surface area (Å²) in [5, 5.41) is 35.8. The number of hydrogen-bond donors (Lipinski definition) is 5. The standard InChI is InChI=1S/C19H31ClN2O4/c1-4-12(3)17(18(25)13(5-2)10-16(24)11-23)22-19(26)21-15-8-6-14(20)7-9-15/h6-9,12-13,16-18,23-25H,4-5,10-11H2,1-3H3,(H2,21,22,26). The van der Waals surface area contributed by atoms with E-state index in [1.807, 2.05) is 20.8 Å². The van der Waals surface area contributed by atoms with Gasteiger partial charge in [0.1, 0.15) is 0 Å². The van der Waals surface area contributed by atoms with E-state index in [0.29, 0.717) is 17.1 Å². The lowest BCUT2D eigenvalue weighted by Crippen LogP contribution is -2.51. The van der Waals surface area contributed by atoms with Gasteiger partial charge in [-0.2, -0.15) is 0 Å². The minimum absolute atomic E-state index is 0.0429. The zero-order valence-electron chi connectivity index (χ0n) is 15.7. The third kappa shape index (κ3) is 7.11. The molecule has 1 rings (SSSR count). The molecule has 5 unspecified atom stereocenters. The maximum atomic E-state index is 12.4. The van der Waals surface area contributed by atoms with Crippen LogP contribution in [-0.4, -0.2) is 46.2 Å². The van der Waals surface area contributed by atoms with Crippen molar-refractivity contribution in [1.82, 2.24) is 5.32 Å². The summed E-state index contributed by atoms with van der Waals surface area (Å²) in [6.07, 6.45) is -0.0167. The number of urea groups is 1. The van der Waals surface area contributed by atoms with Crippen LogP contribution in [0.25, 0.3) is 0 Å². The summed E-state index contributed by atoms with van der Waals surface area (Å²) in [5.41, 5.74) is 0.604. The van der Waals surface area contributed by atoms with Crippen LogP contribution in [0.4, 0.5) is 10.5 Å². The maximum Gasteiger partial charge on any atom is 0.319 e. The van der Waals surface area contributed by atoms with Gasteiger partial charge in [0, 0.05) is 10.7 Å². The molecule has 0 aliphatic rings. The highest BCUT2D eigenvalue weighted by molar-refractivity contribution is 6.30. The van der Waals surface area contributed by atoms with Gasteiger partial charge < -0.3 is 26.0 Å². The van der Waals surface area contributed by atoms with Crippen molar-refractivity contribution in [2.45, 2.75) is 58.3 Å². The first-order chi connectivity index (χ1) is 12.3. The average molecular weight is 387 g/mol. The number of halogens is 1.